The van der Waals surface area contributed by atoms with Crippen LogP contribution < -0.4 is 4.74 Å². The first-order valence-electron chi connectivity index (χ1n) is 6.75. The lowest BCUT2D eigenvalue weighted by Crippen LogP contribution is -2.31. The third kappa shape index (κ3) is 5.11. The van der Waals surface area contributed by atoms with E-state index in [9.17, 15) is 4.79 Å². The molecule has 0 spiro atoms. The van der Waals surface area contributed by atoms with Crippen molar-refractivity contribution < 1.29 is 9.53 Å². The number of aromatic nitrogens is 2. The SMILES string of the molecule is CN(CCCOc1cccc(Cl)c1)C(=O)Cn1cccn1. The Morgan fingerprint density at radius 2 is 2.29 bits per heavy atom. The molecule has 5 nitrogen and oxygen atoms in total. The maximum Gasteiger partial charge on any atom is 0.244 e. The van der Waals surface area contributed by atoms with Crippen LogP contribution in [0.3, 0.4) is 0 Å². The molecule has 2 aromatic rings. The Kier molecular flexibility index (Phi) is 5.63. The fourth-order valence-corrected chi connectivity index (χ4v) is 2.01. The zero-order valence-electron chi connectivity index (χ0n) is 11.9. The van der Waals surface area contributed by atoms with E-state index in [1.807, 2.05) is 12.1 Å². The van der Waals surface area contributed by atoms with Gasteiger partial charge in [-0.05, 0) is 30.7 Å². The maximum absolute atomic E-state index is 11.9. The van der Waals surface area contributed by atoms with Crippen molar-refractivity contribution in [3.05, 3.63) is 47.7 Å². The van der Waals surface area contributed by atoms with E-state index in [2.05, 4.69) is 5.10 Å². The number of ether oxygens (including phenoxy) is 1. The summed E-state index contributed by atoms with van der Waals surface area (Å²) in [5.74, 6) is 0.773. The summed E-state index contributed by atoms with van der Waals surface area (Å²) in [7, 11) is 1.78. The lowest BCUT2D eigenvalue weighted by atomic mass is 10.3. The predicted octanol–water partition coefficient (Wildman–Crippen LogP) is 2.46. The van der Waals surface area contributed by atoms with Crippen molar-refractivity contribution in [2.24, 2.45) is 0 Å². The number of nitrogens with zero attached hydrogens (tertiary/aromatic N) is 3. The van der Waals surface area contributed by atoms with Crippen molar-refractivity contribution in [2.75, 3.05) is 20.2 Å². The van der Waals surface area contributed by atoms with Gasteiger partial charge in [-0.2, -0.15) is 5.10 Å². The standard InChI is InChI=1S/C15H18ClN3O2/c1-18(15(20)12-19-9-3-7-17-19)8-4-10-21-14-6-2-5-13(16)11-14/h2-3,5-7,9,11H,4,8,10,12H2,1H3. The number of likely N-dealkylation sites (N-methyl/N-ethyl adjacent to an activating group) is 1. The van der Waals surface area contributed by atoms with Gasteiger partial charge >= 0.3 is 0 Å². The van der Waals surface area contributed by atoms with Gasteiger partial charge in [0.2, 0.25) is 5.91 Å². The second kappa shape index (κ2) is 7.69. The highest BCUT2D eigenvalue weighted by Gasteiger charge is 2.09. The molecule has 0 bridgehead atoms. The van der Waals surface area contributed by atoms with Gasteiger partial charge in [0.25, 0.3) is 0 Å². The molecule has 0 aliphatic carbocycles. The minimum atomic E-state index is 0.0291. The molecule has 112 valence electrons. The minimum absolute atomic E-state index is 0.0291. The van der Waals surface area contributed by atoms with Crippen molar-refractivity contribution in [3.8, 4) is 5.75 Å². The van der Waals surface area contributed by atoms with E-state index in [1.165, 1.54) is 0 Å². The van der Waals surface area contributed by atoms with Crippen molar-refractivity contribution in [1.82, 2.24) is 14.7 Å². The Balaban J connectivity index is 1.67. The van der Waals surface area contributed by atoms with Gasteiger partial charge in [-0.15, -0.1) is 0 Å². The molecule has 0 fully saturated rings. The van der Waals surface area contributed by atoms with Crippen molar-refractivity contribution >= 4 is 17.5 Å². The normalized spacial score (nSPS) is 10.4. The topological polar surface area (TPSA) is 47.4 Å². The Hall–Kier alpha value is -2.01. The fourth-order valence-electron chi connectivity index (χ4n) is 1.83. The van der Waals surface area contributed by atoms with Crippen LogP contribution in [0.4, 0.5) is 0 Å². The molecule has 6 heteroatoms. The molecule has 0 radical (unpaired) electrons. The average Bonchev–Trinajstić information content (AvgIpc) is 2.96. The zero-order valence-corrected chi connectivity index (χ0v) is 12.7. The van der Waals surface area contributed by atoms with Gasteiger partial charge in [0.15, 0.2) is 0 Å². The molecule has 1 heterocycles. The number of carbonyl (C=O) groups excluding carboxylic acids is 1. The molecule has 0 aliphatic rings. The Labute approximate surface area is 129 Å². The van der Waals surface area contributed by atoms with Gasteiger partial charge in [0, 0.05) is 31.0 Å². The molecule has 21 heavy (non-hydrogen) atoms. The van der Waals surface area contributed by atoms with Crippen LogP contribution in [0.1, 0.15) is 6.42 Å². The van der Waals surface area contributed by atoms with Gasteiger partial charge in [0.1, 0.15) is 12.3 Å². The number of halogens is 1. The van der Waals surface area contributed by atoms with Gasteiger partial charge in [-0.3, -0.25) is 9.48 Å². The summed E-state index contributed by atoms with van der Waals surface area (Å²) in [6, 6.07) is 9.08. The smallest absolute Gasteiger partial charge is 0.244 e. The van der Waals surface area contributed by atoms with Crippen LogP contribution in [-0.2, 0) is 11.3 Å². The molecule has 1 aromatic carbocycles. The molecule has 0 saturated heterocycles. The minimum Gasteiger partial charge on any atom is -0.493 e. The summed E-state index contributed by atoms with van der Waals surface area (Å²) < 4.78 is 7.20. The fraction of sp³-hybridized carbons (Fsp3) is 0.333. The highest BCUT2D eigenvalue weighted by atomic mass is 35.5. The van der Waals surface area contributed by atoms with Crippen molar-refractivity contribution in [2.45, 2.75) is 13.0 Å². The van der Waals surface area contributed by atoms with Gasteiger partial charge in [-0.25, -0.2) is 0 Å². The van der Waals surface area contributed by atoms with E-state index in [0.29, 0.717) is 18.2 Å². The third-order valence-corrected chi connectivity index (χ3v) is 3.22. The van der Waals surface area contributed by atoms with Crippen LogP contribution >= 0.6 is 11.6 Å². The van der Waals surface area contributed by atoms with Crippen LogP contribution in [0.5, 0.6) is 5.75 Å². The lowest BCUT2D eigenvalue weighted by molar-refractivity contribution is -0.130. The summed E-state index contributed by atoms with van der Waals surface area (Å²) in [5, 5.41) is 4.67. The first-order chi connectivity index (χ1) is 10.1. The van der Waals surface area contributed by atoms with E-state index in [-0.39, 0.29) is 12.5 Å². The predicted molar refractivity (Wildman–Crippen MR) is 81.4 cm³/mol. The number of benzene rings is 1. The first-order valence-corrected chi connectivity index (χ1v) is 7.13. The van der Waals surface area contributed by atoms with Crippen molar-refractivity contribution in [3.63, 3.8) is 0 Å². The Morgan fingerprint density at radius 1 is 1.43 bits per heavy atom. The Bertz CT molecular complexity index is 572. The molecule has 2 rings (SSSR count). The third-order valence-electron chi connectivity index (χ3n) is 2.98. The molecule has 0 N–H and O–H groups in total. The number of amides is 1. The van der Waals surface area contributed by atoms with Crippen LogP contribution in [0.25, 0.3) is 0 Å². The van der Waals surface area contributed by atoms with E-state index < -0.39 is 0 Å². The molecule has 0 atom stereocenters. The largest absolute Gasteiger partial charge is 0.493 e. The van der Waals surface area contributed by atoms with Gasteiger partial charge < -0.3 is 9.64 Å². The maximum atomic E-state index is 11.9. The molecule has 1 aromatic heterocycles. The van der Waals surface area contributed by atoms with Crippen molar-refractivity contribution in [1.29, 1.82) is 0 Å². The highest BCUT2D eigenvalue weighted by molar-refractivity contribution is 6.30. The number of carbonyl (C=O) groups is 1. The molecule has 0 aliphatic heterocycles. The number of rotatable bonds is 7. The second-order valence-electron chi connectivity index (χ2n) is 4.68. The van der Waals surface area contributed by atoms with Gasteiger partial charge in [0.05, 0.1) is 6.61 Å². The molecular weight excluding hydrogens is 290 g/mol. The van der Waals surface area contributed by atoms with Gasteiger partial charge in [-0.1, -0.05) is 17.7 Å². The molecule has 0 saturated carbocycles. The molecular formula is C15H18ClN3O2. The summed E-state index contributed by atoms with van der Waals surface area (Å²) in [5.41, 5.74) is 0. The monoisotopic (exact) mass is 307 g/mol. The van der Waals surface area contributed by atoms with Crippen LogP contribution in [0, 0.1) is 0 Å². The van der Waals surface area contributed by atoms with E-state index in [0.717, 1.165) is 12.2 Å². The zero-order chi connectivity index (χ0) is 15.1. The number of hydrogen-bond donors (Lipinski definition) is 0. The number of hydrogen-bond acceptors (Lipinski definition) is 3. The summed E-state index contributed by atoms with van der Waals surface area (Å²) in [4.78, 5) is 13.6. The van der Waals surface area contributed by atoms with Crippen LogP contribution in [0.2, 0.25) is 5.02 Å². The summed E-state index contributed by atoms with van der Waals surface area (Å²) in [6.07, 6.45) is 4.19. The van der Waals surface area contributed by atoms with Crippen LogP contribution in [-0.4, -0.2) is 40.8 Å². The summed E-state index contributed by atoms with van der Waals surface area (Å²) >= 11 is 5.88. The lowest BCUT2D eigenvalue weighted by Gasteiger charge is -2.17. The van der Waals surface area contributed by atoms with E-state index in [4.69, 9.17) is 16.3 Å². The molecule has 1 amide bonds. The summed E-state index contributed by atoms with van der Waals surface area (Å²) in [6.45, 7) is 1.44. The average molecular weight is 308 g/mol. The molecule has 0 unspecified atom stereocenters. The van der Waals surface area contributed by atoms with E-state index in [1.54, 1.807) is 47.2 Å². The first kappa shape index (κ1) is 15.4. The van der Waals surface area contributed by atoms with E-state index >= 15 is 0 Å². The second-order valence-corrected chi connectivity index (χ2v) is 5.11. The Morgan fingerprint density at radius 3 is 3.00 bits per heavy atom. The van der Waals surface area contributed by atoms with Crippen LogP contribution in [0.15, 0.2) is 42.7 Å². The quantitative estimate of drug-likeness (QED) is 0.738. The highest BCUT2D eigenvalue weighted by Crippen LogP contribution is 2.17.